The summed E-state index contributed by atoms with van der Waals surface area (Å²) < 4.78 is 1.96. The molecule has 0 aliphatic carbocycles. The van der Waals surface area contributed by atoms with Crippen LogP contribution in [0.4, 0.5) is 5.69 Å². The third-order valence-corrected chi connectivity index (χ3v) is 6.04. The number of aryl methyl sites for hydroxylation is 4. The summed E-state index contributed by atoms with van der Waals surface area (Å²) >= 11 is 6.32. The normalized spacial score (nSPS) is 10.8. The van der Waals surface area contributed by atoms with Crippen molar-refractivity contribution >= 4 is 23.2 Å². The Morgan fingerprint density at radius 1 is 0.818 bits per heavy atom. The van der Waals surface area contributed by atoms with Crippen LogP contribution >= 0.6 is 11.6 Å². The van der Waals surface area contributed by atoms with E-state index in [4.69, 9.17) is 11.6 Å². The zero-order valence-electron chi connectivity index (χ0n) is 19.1. The maximum Gasteiger partial charge on any atom is 0.261 e. The largest absolute Gasteiger partial charge is 0.321 e. The highest BCUT2D eigenvalue weighted by atomic mass is 35.5. The Balaban J connectivity index is 2.03. The molecule has 1 N–H and O–H groups in total. The summed E-state index contributed by atoms with van der Waals surface area (Å²) in [7, 11) is 0. The summed E-state index contributed by atoms with van der Waals surface area (Å²) in [5.74, 6) is -0.449. The first kappa shape index (κ1) is 22.6. The molecule has 0 fully saturated rings. The van der Waals surface area contributed by atoms with Crippen LogP contribution in [0.3, 0.4) is 0 Å². The van der Waals surface area contributed by atoms with Crippen molar-refractivity contribution in [2.75, 3.05) is 5.32 Å². The zero-order valence-corrected chi connectivity index (χ0v) is 19.8. The lowest BCUT2D eigenvalue weighted by Gasteiger charge is -2.22. The van der Waals surface area contributed by atoms with Crippen molar-refractivity contribution in [2.24, 2.45) is 0 Å². The topological polar surface area (TPSA) is 51.1 Å². The first-order valence-corrected chi connectivity index (χ1v) is 11.1. The number of hydrogen-bond acceptors (Lipinski definition) is 2. The molecule has 33 heavy (non-hydrogen) atoms. The van der Waals surface area contributed by atoms with E-state index >= 15 is 0 Å². The van der Waals surface area contributed by atoms with Gasteiger partial charge in [0.2, 0.25) is 0 Å². The molecule has 166 valence electrons. The molecule has 4 rings (SSSR count). The van der Waals surface area contributed by atoms with Crippen LogP contribution < -0.4 is 10.7 Å². The van der Waals surface area contributed by atoms with Gasteiger partial charge in [0.05, 0.1) is 5.69 Å². The number of nitrogens with zero attached hydrogens (tertiary/aromatic N) is 1. The third kappa shape index (κ3) is 4.35. The van der Waals surface area contributed by atoms with Crippen LogP contribution in [-0.4, -0.2) is 10.5 Å². The van der Waals surface area contributed by atoms with Gasteiger partial charge in [-0.05, 0) is 62.6 Å². The van der Waals surface area contributed by atoms with Crippen molar-refractivity contribution in [1.29, 1.82) is 0 Å². The van der Waals surface area contributed by atoms with Crippen molar-refractivity contribution in [1.82, 2.24) is 4.57 Å². The lowest BCUT2D eigenvalue weighted by Crippen LogP contribution is -2.27. The molecular weight excluding hydrogens is 432 g/mol. The van der Waals surface area contributed by atoms with E-state index in [1.807, 2.05) is 86.9 Å². The first-order valence-electron chi connectivity index (χ1n) is 10.7. The fourth-order valence-corrected chi connectivity index (χ4v) is 4.36. The molecule has 1 aromatic heterocycles. The van der Waals surface area contributed by atoms with Crippen molar-refractivity contribution in [2.45, 2.75) is 27.7 Å². The van der Waals surface area contributed by atoms with Gasteiger partial charge >= 0.3 is 0 Å². The smallest absolute Gasteiger partial charge is 0.261 e. The van der Waals surface area contributed by atoms with Crippen LogP contribution in [0.25, 0.3) is 16.9 Å². The Morgan fingerprint density at radius 3 is 2.12 bits per heavy atom. The summed E-state index contributed by atoms with van der Waals surface area (Å²) in [5.41, 5.74) is 6.16. The van der Waals surface area contributed by atoms with Gasteiger partial charge in [-0.2, -0.15) is 0 Å². The Bertz CT molecular complexity index is 1420. The highest BCUT2D eigenvalue weighted by Crippen LogP contribution is 2.31. The van der Waals surface area contributed by atoms with Gasteiger partial charge in [0.1, 0.15) is 5.56 Å². The average Bonchev–Trinajstić information content (AvgIpc) is 2.76. The maximum atomic E-state index is 13.6. The van der Waals surface area contributed by atoms with Crippen molar-refractivity contribution in [3.63, 3.8) is 0 Å². The summed E-state index contributed by atoms with van der Waals surface area (Å²) in [6.07, 6.45) is 0. The number of carbonyl (C=O) groups excluding carboxylic acids is 1. The number of hydrogen-bond donors (Lipinski definition) is 1. The van der Waals surface area contributed by atoms with Crippen LogP contribution in [0.5, 0.6) is 0 Å². The number of pyridine rings is 1. The molecule has 0 aliphatic heterocycles. The highest BCUT2D eigenvalue weighted by Gasteiger charge is 2.24. The molecule has 0 saturated carbocycles. The zero-order chi connectivity index (χ0) is 23.7. The molecule has 0 radical (unpaired) electrons. The average molecular weight is 457 g/mol. The predicted octanol–water partition coefficient (Wildman–Crippen LogP) is 6.64. The standard InChI is InChI=1S/C28H25ClN2O2/c1-17-9-5-6-14-23(17)31-20(4)15-24(32)25(27(31)21-12-8-13-22(29)16-21)28(33)30-26-18(2)10-7-11-19(26)3/h5-16H,1-4H3,(H,30,33). The van der Waals surface area contributed by atoms with E-state index in [1.165, 1.54) is 6.07 Å². The minimum Gasteiger partial charge on any atom is -0.321 e. The van der Waals surface area contributed by atoms with Gasteiger partial charge in [-0.25, -0.2) is 0 Å². The Kier molecular flexibility index (Phi) is 6.21. The number of halogens is 1. The van der Waals surface area contributed by atoms with Crippen LogP contribution in [-0.2, 0) is 0 Å². The summed E-state index contributed by atoms with van der Waals surface area (Å²) in [6.45, 7) is 7.74. The Labute approximate surface area is 198 Å². The first-order chi connectivity index (χ1) is 15.8. The molecular formula is C28H25ClN2O2. The van der Waals surface area contributed by atoms with Gasteiger partial charge in [0.15, 0.2) is 5.43 Å². The van der Waals surface area contributed by atoms with E-state index in [9.17, 15) is 9.59 Å². The minimum absolute atomic E-state index is 0.0776. The van der Waals surface area contributed by atoms with Crippen LogP contribution in [0.15, 0.2) is 77.6 Å². The number of aromatic nitrogens is 1. The molecule has 0 bridgehead atoms. The molecule has 1 heterocycles. The molecule has 0 saturated heterocycles. The number of rotatable bonds is 4. The molecule has 4 aromatic rings. The molecule has 4 nitrogen and oxygen atoms in total. The number of nitrogens with one attached hydrogen (secondary N) is 1. The van der Waals surface area contributed by atoms with E-state index in [0.717, 1.165) is 28.1 Å². The molecule has 3 aromatic carbocycles. The van der Waals surface area contributed by atoms with E-state index in [1.54, 1.807) is 12.1 Å². The highest BCUT2D eigenvalue weighted by molar-refractivity contribution is 6.30. The van der Waals surface area contributed by atoms with Gasteiger partial charge < -0.3 is 9.88 Å². The molecule has 5 heteroatoms. The molecule has 0 atom stereocenters. The Hall–Kier alpha value is -3.63. The molecule has 0 spiro atoms. The third-order valence-electron chi connectivity index (χ3n) is 5.80. The molecule has 0 aliphatic rings. The number of anilines is 1. The van der Waals surface area contributed by atoms with Gasteiger partial charge in [-0.15, -0.1) is 0 Å². The Morgan fingerprint density at radius 2 is 1.45 bits per heavy atom. The summed E-state index contributed by atoms with van der Waals surface area (Å²) in [4.78, 5) is 26.9. The fraction of sp³-hybridized carbons (Fsp3) is 0.143. The molecule has 0 unspecified atom stereocenters. The second-order valence-electron chi connectivity index (χ2n) is 8.23. The second kappa shape index (κ2) is 9.08. The SMILES string of the molecule is Cc1ccccc1-n1c(C)cc(=O)c(C(=O)Nc2c(C)cccc2C)c1-c1cccc(Cl)c1. The van der Waals surface area contributed by atoms with Crippen molar-refractivity contribution in [3.05, 3.63) is 116 Å². The molecule has 1 amide bonds. The second-order valence-corrected chi connectivity index (χ2v) is 8.66. The van der Waals surface area contributed by atoms with Crippen LogP contribution in [0.2, 0.25) is 5.02 Å². The van der Waals surface area contributed by atoms with Gasteiger partial charge in [0.25, 0.3) is 5.91 Å². The van der Waals surface area contributed by atoms with Crippen LogP contribution in [0, 0.1) is 27.7 Å². The number of benzene rings is 3. The number of para-hydroxylation sites is 2. The predicted molar refractivity (Wildman–Crippen MR) is 136 cm³/mol. The van der Waals surface area contributed by atoms with E-state index < -0.39 is 5.91 Å². The summed E-state index contributed by atoms with van der Waals surface area (Å²) in [5, 5.41) is 3.51. The lowest BCUT2D eigenvalue weighted by molar-refractivity contribution is 0.102. The minimum atomic E-state index is -0.449. The van der Waals surface area contributed by atoms with Crippen molar-refractivity contribution < 1.29 is 4.79 Å². The lowest BCUT2D eigenvalue weighted by atomic mass is 10.0. The monoisotopic (exact) mass is 456 g/mol. The van der Waals surface area contributed by atoms with Gasteiger partial charge in [0, 0.05) is 33.7 Å². The number of amides is 1. The quantitative estimate of drug-likeness (QED) is 0.374. The van der Waals surface area contributed by atoms with Gasteiger partial charge in [-0.3, -0.25) is 9.59 Å². The van der Waals surface area contributed by atoms with Crippen LogP contribution in [0.1, 0.15) is 32.7 Å². The van der Waals surface area contributed by atoms with E-state index in [0.29, 0.717) is 22.0 Å². The number of carbonyl (C=O) groups is 1. The van der Waals surface area contributed by atoms with E-state index in [-0.39, 0.29) is 11.0 Å². The maximum absolute atomic E-state index is 13.6. The fourth-order valence-electron chi connectivity index (χ4n) is 4.17. The van der Waals surface area contributed by atoms with E-state index in [2.05, 4.69) is 5.32 Å². The summed E-state index contributed by atoms with van der Waals surface area (Å²) in [6, 6.07) is 22.4. The van der Waals surface area contributed by atoms with Crippen molar-refractivity contribution in [3.8, 4) is 16.9 Å². The van der Waals surface area contributed by atoms with Gasteiger partial charge in [-0.1, -0.05) is 60.1 Å².